The van der Waals surface area contributed by atoms with E-state index in [1.165, 1.54) is 6.08 Å². The number of hydrogen-bond acceptors (Lipinski definition) is 7. The number of ether oxygens (including phenoxy) is 3. The molecule has 214 valence electrons. The van der Waals surface area contributed by atoms with Gasteiger partial charge in [0.1, 0.15) is 0 Å². The molecule has 1 saturated heterocycles. The fourth-order valence-corrected chi connectivity index (χ4v) is 5.11. The molecule has 1 unspecified atom stereocenters. The molecule has 2 heterocycles. The molecule has 2 aliphatic rings. The Kier molecular flexibility index (Phi) is 10.8. The quantitative estimate of drug-likeness (QED) is 0.264. The number of hydrogen-bond donors (Lipinski definition) is 1. The van der Waals surface area contributed by atoms with Gasteiger partial charge in [0.25, 0.3) is 5.91 Å². The van der Waals surface area contributed by atoms with Crippen molar-refractivity contribution in [1.29, 1.82) is 0 Å². The van der Waals surface area contributed by atoms with Crippen molar-refractivity contribution in [1.82, 2.24) is 9.80 Å². The zero-order valence-electron chi connectivity index (χ0n) is 23.5. The Bertz CT molecular complexity index is 1200. The highest BCUT2D eigenvalue weighted by atomic mass is 16.5. The van der Waals surface area contributed by atoms with Crippen molar-refractivity contribution >= 4 is 17.8 Å². The summed E-state index contributed by atoms with van der Waals surface area (Å²) in [7, 11) is 1.57. The number of unbranched alkanes of at least 4 members (excludes halogenated alkanes) is 2. The lowest BCUT2D eigenvalue weighted by Gasteiger charge is -2.30. The third-order valence-electron chi connectivity index (χ3n) is 7.28. The van der Waals surface area contributed by atoms with Gasteiger partial charge in [0.2, 0.25) is 0 Å². The molecule has 0 radical (unpaired) electrons. The first-order chi connectivity index (χ1) is 19.5. The monoisotopic (exact) mass is 548 g/mol. The molecule has 8 nitrogen and oxygen atoms in total. The van der Waals surface area contributed by atoms with Gasteiger partial charge < -0.3 is 24.2 Å². The van der Waals surface area contributed by atoms with E-state index >= 15 is 0 Å². The van der Waals surface area contributed by atoms with Gasteiger partial charge in [-0.3, -0.25) is 14.5 Å². The van der Waals surface area contributed by atoms with Gasteiger partial charge in [0.05, 0.1) is 38.5 Å². The number of benzene rings is 2. The van der Waals surface area contributed by atoms with Gasteiger partial charge >= 0.3 is 0 Å². The average Bonchev–Trinajstić information content (AvgIpc) is 3.24. The Morgan fingerprint density at radius 3 is 2.55 bits per heavy atom. The summed E-state index contributed by atoms with van der Waals surface area (Å²) in [6.07, 6.45) is 6.93. The predicted octanol–water partition coefficient (Wildman–Crippen LogP) is 4.96. The predicted molar refractivity (Wildman–Crippen MR) is 154 cm³/mol. The molecule has 0 aliphatic carbocycles. The molecule has 2 aromatic carbocycles. The molecule has 0 bridgehead atoms. The minimum absolute atomic E-state index is 0.0715. The third kappa shape index (κ3) is 7.31. The SMILES string of the molecule is CCCCCOc1ccc(C2C(C(=O)C=Cc3ccccc3)=C(O)C(=O)N2CCCN2CCOCC2)cc1OC. The summed E-state index contributed by atoms with van der Waals surface area (Å²) in [5, 5.41) is 11.0. The summed E-state index contributed by atoms with van der Waals surface area (Å²) in [6, 6.07) is 14.2. The molecule has 1 amide bonds. The highest BCUT2D eigenvalue weighted by Crippen LogP contribution is 2.41. The maximum Gasteiger partial charge on any atom is 0.290 e. The standard InChI is InChI=1S/C32H40N2O6/c1-3-4-8-20-40-27-15-13-25(23-28(27)38-2)30-29(26(35)14-12-24-10-6-5-7-11-24)31(36)32(37)34(30)17-9-16-33-18-21-39-22-19-33/h5-7,10-15,23,30,36H,3-4,8-9,16-22H2,1-2H3. The second-order valence-corrected chi connectivity index (χ2v) is 10.0. The van der Waals surface area contributed by atoms with Crippen LogP contribution in [-0.2, 0) is 14.3 Å². The maximum atomic E-state index is 13.5. The van der Waals surface area contributed by atoms with Crippen molar-refractivity contribution in [2.75, 3.05) is 53.1 Å². The number of morpholine rings is 1. The van der Waals surface area contributed by atoms with Crippen LogP contribution in [0.2, 0.25) is 0 Å². The van der Waals surface area contributed by atoms with E-state index in [9.17, 15) is 14.7 Å². The number of amides is 1. The fourth-order valence-electron chi connectivity index (χ4n) is 5.11. The van der Waals surface area contributed by atoms with Gasteiger partial charge in [-0.1, -0.05) is 62.2 Å². The van der Waals surface area contributed by atoms with E-state index in [1.54, 1.807) is 24.2 Å². The Morgan fingerprint density at radius 2 is 1.82 bits per heavy atom. The Balaban J connectivity index is 1.60. The molecule has 1 N–H and O–H groups in total. The van der Waals surface area contributed by atoms with E-state index in [4.69, 9.17) is 14.2 Å². The van der Waals surface area contributed by atoms with E-state index in [0.29, 0.717) is 49.8 Å². The number of aliphatic hydroxyl groups excluding tert-OH is 1. The first-order valence-electron chi connectivity index (χ1n) is 14.2. The number of methoxy groups -OCH3 is 1. The van der Waals surface area contributed by atoms with Gasteiger partial charge in [0, 0.05) is 26.2 Å². The van der Waals surface area contributed by atoms with Crippen molar-refractivity contribution in [2.24, 2.45) is 0 Å². The van der Waals surface area contributed by atoms with E-state index < -0.39 is 23.5 Å². The molecule has 0 saturated carbocycles. The van der Waals surface area contributed by atoms with E-state index in [0.717, 1.165) is 44.5 Å². The Hall–Kier alpha value is -3.62. The summed E-state index contributed by atoms with van der Waals surface area (Å²) >= 11 is 0. The number of ketones is 1. The molecule has 2 aliphatic heterocycles. The van der Waals surface area contributed by atoms with Crippen molar-refractivity contribution < 1.29 is 28.9 Å². The summed E-state index contributed by atoms with van der Waals surface area (Å²) in [5.74, 6) is -0.321. The topological polar surface area (TPSA) is 88.5 Å². The van der Waals surface area contributed by atoms with Crippen molar-refractivity contribution in [3.05, 3.63) is 77.1 Å². The van der Waals surface area contributed by atoms with Crippen LogP contribution in [0.4, 0.5) is 0 Å². The van der Waals surface area contributed by atoms with Gasteiger partial charge in [0.15, 0.2) is 23.0 Å². The number of carbonyl (C=O) groups is 2. The van der Waals surface area contributed by atoms with Crippen LogP contribution in [0, 0.1) is 0 Å². The van der Waals surface area contributed by atoms with E-state index in [1.807, 2.05) is 42.5 Å². The van der Waals surface area contributed by atoms with E-state index in [2.05, 4.69) is 11.8 Å². The lowest BCUT2D eigenvalue weighted by molar-refractivity contribution is -0.129. The fraction of sp³-hybridized carbons (Fsp3) is 0.438. The largest absolute Gasteiger partial charge is 0.503 e. The van der Waals surface area contributed by atoms with Crippen molar-refractivity contribution in [3.63, 3.8) is 0 Å². The molecule has 1 atom stereocenters. The van der Waals surface area contributed by atoms with Gasteiger partial charge in [-0.15, -0.1) is 0 Å². The summed E-state index contributed by atoms with van der Waals surface area (Å²) < 4.78 is 17.0. The Labute approximate surface area is 236 Å². The Morgan fingerprint density at radius 1 is 1.05 bits per heavy atom. The zero-order chi connectivity index (χ0) is 28.3. The van der Waals surface area contributed by atoms with E-state index in [-0.39, 0.29) is 5.57 Å². The first-order valence-corrected chi connectivity index (χ1v) is 14.2. The summed E-state index contributed by atoms with van der Waals surface area (Å²) in [5.41, 5.74) is 1.60. The van der Waals surface area contributed by atoms with Crippen LogP contribution >= 0.6 is 0 Å². The van der Waals surface area contributed by atoms with Crippen molar-refractivity contribution in [3.8, 4) is 11.5 Å². The molecule has 40 heavy (non-hydrogen) atoms. The number of nitrogens with zero attached hydrogens (tertiary/aromatic N) is 2. The van der Waals surface area contributed by atoms with Crippen LogP contribution in [0.15, 0.2) is 65.9 Å². The molecule has 0 spiro atoms. The van der Waals surface area contributed by atoms with Crippen LogP contribution in [-0.4, -0.2) is 79.7 Å². The minimum atomic E-state index is -0.742. The van der Waals surface area contributed by atoms with Gasteiger partial charge in [-0.25, -0.2) is 0 Å². The average molecular weight is 549 g/mol. The molecule has 0 aromatic heterocycles. The number of allylic oxidation sites excluding steroid dienone is 1. The molecule has 1 fully saturated rings. The second kappa shape index (κ2) is 14.7. The minimum Gasteiger partial charge on any atom is -0.503 e. The van der Waals surface area contributed by atoms with Crippen molar-refractivity contribution in [2.45, 2.75) is 38.6 Å². The van der Waals surface area contributed by atoms with Gasteiger partial charge in [-0.2, -0.15) is 0 Å². The van der Waals surface area contributed by atoms with Crippen LogP contribution in [0.5, 0.6) is 11.5 Å². The molecular weight excluding hydrogens is 508 g/mol. The number of rotatable bonds is 14. The summed E-state index contributed by atoms with van der Waals surface area (Å²) in [4.78, 5) is 30.7. The molecular formula is C32H40N2O6. The lowest BCUT2D eigenvalue weighted by Crippen LogP contribution is -2.39. The van der Waals surface area contributed by atoms with Crippen LogP contribution in [0.1, 0.15) is 49.8 Å². The summed E-state index contributed by atoms with van der Waals surface area (Å²) in [6.45, 7) is 7.01. The zero-order valence-corrected chi connectivity index (χ0v) is 23.5. The highest BCUT2D eigenvalue weighted by Gasteiger charge is 2.43. The first kappa shape index (κ1) is 29.4. The van der Waals surface area contributed by atoms with Crippen LogP contribution in [0.3, 0.4) is 0 Å². The maximum absolute atomic E-state index is 13.5. The molecule has 2 aromatic rings. The molecule has 4 rings (SSSR count). The normalized spacial score (nSPS) is 18.1. The smallest absolute Gasteiger partial charge is 0.290 e. The number of aliphatic hydroxyl groups is 1. The molecule has 8 heteroatoms. The lowest BCUT2D eigenvalue weighted by atomic mass is 9.95. The highest BCUT2D eigenvalue weighted by molar-refractivity contribution is 6.14. The number of carbonyl (C=O) groups excluding carboxylic acids is 2. The van der Waals surface area contributed by atoms with Gasteiger partial charge in [-0.05, 0) is 42.2 Å². The second-order valence-electron chi connectivity index (χ2n) is 10.0. The van der Waals surface area contributed by atoms with Crippen LogP contribution < -0.4 is 9.47 Å². The third-order valence-corrected chi connectivity index (χ3v) is 7.28. The van der Waals surface area contributed by atoms with Crippen LogP contribution in [0.25, 0.3) is 6.08 Å².